The topological polar surface area (TPSA) is 51.2 Å². The smallest absolute Gasteiger partial charge is 0.150 e. The van der Waals surface area contributed by atoms with E-state index in [4.69, 9.17) is 0 Å². The van der Waals surface area contributed by atoms with Gasteiger partial charge in [0.2, 0.25) is 0 Å². The number of rotatable bonds is 7. The first-order chi connectivity index (χ1) is 8.53. The van der Waals surface area contributed by atoms with E-state index in [0.29, 0.717) is 25.2 Å². The summed E-state index contributed by atoms with van der Waals surface area (Å²) in [6, 6.07) is 0. The van der Waals surface area contributed by atoms with Gasteiger partial charge < -0.3 is 0 Å². The highest BCUT2D eigenvalue weighted by Gasteiger charge is 2.16. The quantitative estimate of drug-likeness (QED) is 0.670. The van der Waals surface area contributed by atoms with E-state index in [9.17, 15) is 13.2 Å². The van der Waals surface area contributed by atoms with Gasteiger partial charge in [0, 0.05) is 18.6 Å². The van der Waals surface area contributed by atoms with Gasteiger partial charge in [0.15, 0.2) is 0 Å². The summed E-state index contributed by atoms with van der Waals surface area (Å²) in [5, 5.41) is 0. The Labute approximate surface area is 111 Å². The summed E-state index contributed by atoms with van der Waals surface area (Å²) in [5.74, 6) is 1.17. The Bertz CT molecular complexity index is 338. The van der Waals surface area contributed by atoms with Crippen molar-refractivity contribution in [1.82, 2.24) is 0 Å². The second kappa shape index (κ2) is 7.93. The molecule has 0 N–H and O–H groups in total. The largest absolute Gasteiger partial charge is 0.300 e. The number of Topliss-reactive ketones (excluding diaryl/α,β-unsaturated/α-hetero) is 1. The highest BCUT2D eigenvalue weighted by atomic mass is 32.2. The summed E-state index contributed by atoms with van der Waals surface area (Å²) >= 11 is 0. The Balaban J connectivity index is 2.20. The number of carbonyl (C=O) groups is 1. The molecular weight excluding hydrogens is 248 g/mol. The van der Waals surface area contributed by atoms with Crippen LogP contribution in [-0.4, -0.2) is 25.7 Å². The third kappa shape index (κ3) is 6.53. The summed E-state index contributed by atoms with van der Waals surface area (Å²) in [4.78, 5) is 11.8. The zero-order valence-corrected chi connectivity index (χ0v) is 12.3. The van der Waals surface area contributed by atoms with Crippen LogP contribution in [0.2, 0.25) is 0 Å². The summed E-state index contributed by atoms with van der Waals surface area (Å²) in [5.41, 5.74) is 0. The standard InChI is InChI=1S/C14H26O3S/c1-2-18(16,17)11-7-10-14(15)12-13-8-5-3-4-6-9-13/h13H,2-12H2,1H3. The summed E-state index contributed by atoms with van der Waals surface area (Å²) in [6.07, 6.45) is 9.09. The molecular formula is C14H26O3S. The van der Waals surface area contributed by atoms with Crippen LogP contribution in [-0.2, 0) is 14.6 Å². The number of ketones is 1. The molecule has 0 heterocycles. The molecule has 1 aliphatic rings. The number of hydrogen-bond donors (Lipinski definition) is 0. The van der Waals surface area contributed by atoms with Gasteiger partial charge in [-0.2, -0.15) is 0 Å². The van der Waals surface area contributed by atoms with Crippen molar-refractivity contribution in [3.63, 3.8) is 0 Å². The Kier molecular flexibility index (Phi) is 6.90. The molecule has 1 rings (SSSR count). The fourth-order valence-corrected chi connectivity index (χ4v) is 3.50. The number of sulfone groups is 1. The monoisotopic (exact) mass is 274 g/mol. The molecule has 18 heavy (non-hydrogen) atoms. The van der Waals surface area contributed by atoms with Crippen molar-refractivity contribution in [3.05, 3.63) is 0 Å². The van der Waals surface area contributed by atoms with E-state index in [-0.39, 0.29) is 17.3 Å². The summed E-state index contributed by atoms with van der Waals surface area (Å²) in [6.45, 7) is 1.66. The molecule has 0 bridgehead atoms. The molecule has 0 aromatic rings. The first-order valence-electron chi connectivity index (χ1n) is 7.25. The third-order valence-corrected chi connectivity index (χ3v) is 5.63. The third-order valence-electron chi connectivity index (χ3n) is 3.84. The van der Waals surface area contributed by atoms with Crippen LogP contribution in [0.25, 0.3) is 0 Å². The van der Waals surface area contributed by atoms with Crippen LogP contribution in [0, 0.1) is 5.92 Å². The van der Waals surface area contributed by atoms with Gasteiger partial charge >= 0.3 is 0 Å². The van der Waals surface area contributed by atoms with Gasteiger partial charge in [-0.05, 0) is 12.3 Å². The lowest BCUT2D eigenvalue weighted by Crippen LogP contribution is -2.12. The fraction of sp³-hybridized carbons (Fsp3) is 0.929. The van der Waals surface area contributed by atoms with Gasteiger partial charge in [0.05, 0.1) is 5.75 Å². The molecule has 3 nitrogen and oxygen atoms in total. The SMILES string of the molecule is CCS(=O)(=O)CCCC(=O)CC1CCCCCC1. The highest BCUT2D eigenvalue weighted by Crippen LogP contribution is 2.26. The Hall–Kier alpha value is -0.380. The molecule has 0 aromatic heterocycles. The van der Waals surface area contributed by atoms with Crippen LogP contribution in [0.4, 0.5) is 0 Å². The fourth-order valence-electron chi connectivity index (χ4n) is 2.63. The van der Waals surface area contributed by atoms with Crippen molar-refractivity contribution >= 4 is 15.6 Å². The van der Waals surface area contributed by atoms with Crippen molar-refractivity contribution in [3.8, 4) is 0 Å². The number of carbonyl (C=O) groups excluding carboxylic acids is 1. The van der Waals surface area contributed by atoms with Gasteiger partial charge in [0.25, 0.3) is 0 Å². The second-order valence-corrected chi connectivity index (χ2v) is 7.91. The highest BCUT2D eigenvalue weighted by molar-refractivity contribution is 7.91. The number of hydrogen-bond acceptors (Lipinski definition) is 3. The van der Waals surface area contributed by atoms with Crippen LogP contribution < -0.4 is 0 Å². The van der Waals surface area contributed by atoms with Crippen molar-refractivity contribution < 1.29 is 13.2 Å². The average Bonchev–Trinajstić information content (AvgIpc) is 2.57. The molecule has 0 aliphatic heterocycles. The maximum absolute atomic E-state index is 11.8. The van der Waals surface area contributed by atoms with Crippen LogP contribution >= 0.6 is 0 Å². The van der Waals surface area contributed by atoms with Crippen molar-refractivity contribution in [2.24, 2.45) is 5.92 Å². The van der Waals surface area contributed by atoms with Gasteiger partial charge in [-0.25, -0.2) is 8.42 Å². The van der Waals surface area contributed by atoms with Crippen LogP contribution in [0.1, 0.15) is 64.7 Å². The van der Waals surface area contributed by atoms with Gasteiger partial charge in [-0.1, -0.05) is 45.4 Å². The average molecular weight is 274 g/mol. The minimum Gasteiger partial charge on any atom is -0.300 e. The van der Waals surface area contributed by atoms with E-state index in [1.54, 1.807) is 6.92 Å². The molecule has 106 valence electrons. The first-order valence-corrected chi connectivity index (χ1v) is 9.08. The van der Waals surface area contributed by atoms with Gasteiger partial charge in [0.1, 0.15) is 15.6 Å². The summed E-state index contributed by atoms with van der Waals surface area (Å²) < 4.78 is 22.6. The van der Waals surface area contributed by atoms with Gasteiger partial charge in [-0.15, -0.1) is 0 Å². The van der Waals surface area contributed by atoms with Gasteiger partial charge in [-0.3, -0.25) is 4.79 Å². The van der Waals surface area contributed by atoms with Crippen LogP contribution in [0.5, 0.6) is 0 Å². The molecule has 0 saturated heterocycles. The van der Waals surface area contributed by atoms with E-state index in [1.165, 1.54) is 38.5 Å². The molecule has 1 fully saturated rings. The van der Waals surface area contributed by atoms with E-state index in [2.05, 4.69) is 0 Å². The normalized spacial score (nSPS) is 18.5. The molecule has 1 aliphatic carbocycles. The Morgan fingerprint density at radius 2 is 1.72 bits per heavy atom. The lowest BCUT2D eigenvalue weighted by molar-refractivity contribution is -0.120. The van der Waals surface area contributed by atoms with E-state index in [1.807, 2.05) is 0 Å². The minimum absolute atomic E-state index is 0.167. The van der Waals surface area contributed by atoms with Crippen molar-refractivity contribution in [2.45, 2.75) is 64.7 Å². The first kappa shape index (κ1) is 15.7. The molecule has 0 atom stereocenters. The summed E-state index contributed by atoms with van der Waals surface area (Å²) in [7, 11) is -2.91. The lowest BCUT2D eigenvalue weighted by atomic mass is 9.93. The van der Waals surface area contributed by atoms with Crippen LogP contribution in [0.3, 0.4) is 0 Å². The maximum atomic E-state index is 11.8. The van der Waals surface area contributed by atoms with Crippen molar-refractivity contribution in [1.29, 1.82) is 0 Å². The predicted molar refractivity (Wildman–Crippen MR) is 74.4 cm³/mol. The molecule has 0 radical (unpaired) electrons. The Morgan fingerprint density at radius 1 is 1.11 bits per heavy atom. The van der Waals surface area contributed by atoms with E-state index in [0.717, 1.165) is 0 Å². The maximum Gasteiger partial charge on any atom is 0.150 e. The molecule has 0 amide bonds. The van der Waals surface area contributed by atoms with E-state index >= 15 is 0 Å². The second-order valence-electron chi connectivity index (χ2n) is 5.44. The molecule has 0 unspecified atom stereocenters. The molecule has 4 heteroatoms. The van der Waals surface area contributed by atoms with E-state index < -0.39 is 9.84 Å². The molecule has 1 saturated carbocycles. The zero-order valence-electron chi connectivity index (χ0n) is 11.5. The lowest BCUT2D eigenvalue weighted by Gasteiger charge is -2.12. The minimum atomic E-state index is -2.91. The van der Waals surface area contributed by atoms with Crippen molar-refractivity contribution in [2.75, 3.05) is 11.5 Å². The van der Waals surface area contributed by atoms with Crippen LogP contribution in [0.15, 0.2) is 0 Å². The predicted octanol–water partition coefficient (Wildman–Crippen LogP) is 3.13. The Morgan fingerprint density at radius 3 is 2.28 bits per heavy atom. The zero-order chi connectivity index (χ0) is 13.4. The molecule has 0 aromatic carbocycles. The molecule has 0 spiro atoms.